The second-order valence-electron chi connectivity index (χ2n) is 4.60. The van der Waals surface area contributed by atoms with Crippen molar-refractivity contribution in [2.45, 2.75) is 30.7 Å². The predicted octanol–water partition coefficient (Wildman–Crippen LogP) is 2.92. The minimum atomic E-state index is -0.126. The van der Waals surface area contributed by atoms with Gasteiger partial charge in [-0.2, -0.15) is 0 Å². The summed E-state index contributed by atoms with van der Waals surface area (Å²) in [5, 5.41) is 0. The van der Waals surface area contributed by atoms with E-state index in [0.717, 1.165) is 28.6 Å². The van der Waals surface area contributed by atoms with Crippen LogP contribution in [0.25, 0.3) is 0 Å². The summed E-state index contributed by atoms with van der Waals surface area (Å²) in [6.07, 6.45) is 0.956. The van der Waals surface area contributed by atoms with Gasteiger partial charge in [-0.3, -0.25) is 0 Å². The fraction of sp³-hybridized carbons (Fsp3) is 0.538. The van der Waals surface area contributed by atoms with Crippen molar-refractivity contribution in [2.24, 2.45) is 5.73 Å². The molecule has 0 aliphatic rings. The Bertz CT molecular complexity index is 361. The van der Waals surface area contributed by atoms with E-state index in [0.29, 0.717) is 0 Å². The molecule has 1 aromatic rings. The van der Waals surface area contributed by atoms with E-state index >= 15 is 0 Å². The molecule has 0 fully saturated rings. The van der Waals surface area contributed by atoms with Crippen molar-refractivity contribution in [3.05, 3.63) is 18.2 Å². The molecule has 1 rings (SSSR count). The molecule has 0 aliphatic heterocycles. The summed E-state index contributed by atoms with van der Waals surface area (Å²) in [7, 11) is 3.35. The van der Waals surface area contributed by atoms with Gasteiger partial charge < -0.3 is 15.2 Å². The molecule has 0 atom stereocenters. The average Bonchev–Trinajstić information content (AvgIpc) is 2.27. The highest BCUT2D eigenvalue weighted by molar-refractivity contribution is 7.99. The smallest absolute Gasteiger partial charge is 0.132 e. The lowest BCUT2D eigenvalue weighted by Crippen LogP contribution is -2.32. The zero-order valence-corrected chi connectivity index (χ0v) is 11.8. The molecule has 2 N–H and O–H groups in total. The topological polar surface area (TPSA) is 44.5 Å². The highest BCUT2D eigenvalue weighted by Gasteiger charge is 2.12. The van der Waals surface area contributed by atoms with E-state index in [-0.39, 0.29) is 5.54 Å². The van der Waals surface area contributed by atoms with E-state index in [1.807, 2.05) is 32.0 Å². The molecular formula is C13H21NO2S. The van der Waals surface area contributed by atoms with Gasteiger partial charge in [-0.1, -0.05) is 0 Å². The van der Waals surface area contributed by atoms with Gasteiger partial charge in [-0.05, 0) is 44.2 Å². The number of hydrogen-bond acceptors (Lipinski definition) is 4. The summed E-state index contributed by atoms with van der Waals surface area (Å²) in [5.41, 5.74) is 5.83. The Hall–Kier alpha value is -0.870. The zero-order chi connectivity index (χ0) is 12.9. The number of nitrogens with two attached hydrogens (primary N) is 1. The molecule has 3 nitrogen and oxygen atoms in total. The first kappa shape index (κ1) is 14.2. The quantitative estimate of drug-likeness (QED) is 0.794. The summed E-state index contributed by atoms with van der Waals surface area (Å²) in [4.78, 5) is 1.09. The van der Waals surface area contributed by atoms with Gasteiger partial charge in [0.05, 0.1) is 19.1 Å². The Morgan fingerprint density at radius 3 is 2.47 bits per heavy atom. The van der Waals surface area contributed by atoms with Crippen molar-refractivity contribution < 1.29 is 9.47 Å². The lowest BCUT2D eigenvalue weighted by Gasteiger charge is -2.18. The third-order valence-electron chi connectivity index (χ3n) is 2.37. The van der Waals surface area contributed by atoms with Crippen molar-refractivity contribution in [1.82, 2.24) is 0 Å². The monoisotopic (exact) mass is 255 g/mol. The van der Waals surface area contributed by atoms with Crippen LogP contribution in [-0.4, -0.2) is 25.5 Å². The van der Waals surface area contributed by atoms with Crippen LogP contribution in [0.4, 0.5) is 0 Å². The van der Waals surface area contributed by atoms with E-state index in [9.17, 15) is 0 Å². The van der Waals surface area contributed by atoms with E-state index in [1.165, 1.54) is 0 Å². The van der Waals surface area contributed by atoms with Gasteiger partial charge in [0.1, 0.15) is 11.5 Å². The summed E-state index contributed by atoms with van der Waals surface area (Å²) in [6.45, 7) is 4.08. The molecule has 0 amide bonds. The molecule has 4 heteroatoms. The van der Waals surface area contributed by atoms with Gasteiger partial charge in [0.25, 0.3) is 0 Å². The number of ether oxygens (including phenoxy) is 2. The lowest BCUT2D eigenvalue weighted by atomic mass is 10.0. The van der Waals surface area contributed by atoms with Crippen LogP contribution < -0.4 is 15.2 Å². The molecule has 0 heterocycles. The standard InChI is InChI=1S/C13H21NO2S/c1-13(2,14)7-8-17-12-9-10(15-3)5-6-11(12)16-4/h5-6,9H,7-8,14H2,1-4H3. The highest BCUT2D eigenvalue weighted by atomic mass is 32.2. The number of benzene rings is 1. The molecular weight excluding hydrogens is 234 g/mol. The summed E-state index contributed by atoms with van der Waals surface area (Å²) in [5.74, 6) is 2.69. The molecule has 0 aromatic heterocycles. The molecule has 0 unspecified atom stereocenters. The maximum atomic E-state index is 5.96. The minimum absolute atomic E-state index is 0.126. The van der Waals surface area contributed by atoms with Crippen LogP contribution >= 0.6 is 11.8 Å². The normalized spacial score (nSPS) is 11.4. The lowest BCUT2D eigenvalue weighted by molar-refractivity contribution is 0.394. The number of hydrogen-bond donors (Lipinski definition) is 1. The first-order valence-corrected chi connectivity index (χ1v) is 6.58. The van der Waals surface area contributed by atoms with Crippen molar-refractivity contribution in [2.75, 3.05) is 20.0 Å². The minimum Gasteiger partial charge on any atom is -0.497 e. The van der Waals surface area contributed by atoms with Crippen LogP contribution in [0, 0.1) is 0 Å². The van der Waals surface area contributed by atoms with Gasteiger partial charge in [0.2, 0.25) is 0 Å². The van der Waals surface area contributed by atoms with Crippen LogP contribution in [0.5, 0.6) is 11.5 Å². The number of methoxy groups -OCH3 is 2. The second kappa shape index (κ2) is 6.17. The summed E-state index contributed by atoms with van der Waals surface area (Å²) >= 11 is 1.74. The van der Waals surface area contributed by atoms with Gasteiger partial charge in [0, 0.05) is 5.54 Å². The molecule has 0 aliphatic carbocycles. The third-order valence-corrected chi connectivity index (χ3v) is 3.41. The predicted molar refractivity (Wildman–Crippen MR) is 73.2 cm³/mol. The van der Waals surface area contributed by atoms with Crippen LogP contribution in [0.2, 0.25) is 0 Å². The molecule has 17 heavy (non-hydrogen) atoms. The van der Waals surface area contributed by atoms with E-state index in [4.69, 9.17) is 15.2 Å². The van der Waals surface area contributed by atoms with E-state index in [2.05, 4.69) is 0 Å². The maximum absolute atomic E-state index is 5.96. The molecule has 0 saturated carbocycles. The van der Waals surface area contributed by atoms with E-state index < -0.39 is 0 Å². The number of rotatable bonds is 6. The van der Waals surface area contributed by atoms with Crippen molar-refractivity contribution in [3.8, 4) is 11.5 Å². The van der Waals surface area contributed by atoms with Gasteiger partial charge >= 0.3 is 0 Å². The fourth-order valence-electron chi connectivity index (χ4n) is 1.32. The summed E-state index contributed by atoms with van der Waals surface area (Å²) < 4.78 is 10.5. The Labute approximate surface area is 108 Å². The Morgan fingerprint density at radius 2 is 1.94 bits per heavy atom. The Kier molecular flexibility index (Phi) is 5.15. The van der Waals surface area contributed by atoms with Gasteiger partial charge in [0.15, 0.2) is 0 Å². The number of thioether (sulfide) groups is 1. The van der Waals surface area contributed by atoms with Crippen LogP contribution in [0.15, 0.2) is 23.1 Å². The molecule has 0 spiro atoms. The van der Waals surface area contributed by atoms with Crippen molar-refractivity contribution in [1.29, 1.82) is 0 Å². The van der Waals surface area contributed by atoms with Crippen LogP contribution in [0.3, 0.4) is 0 Å². The molecule has 1 aromatic carbocycles. The Balaban J connectivity index is 2.68. The molecule has 0 saturated heterocycles. The maximum Gasteiger partial charge on any atom is 0.132 e. The second-order valence-corrected chi connectivity index (χ2v) is 5.74. The largest absolute Gasteiger partial charge is 0.497 e. The first-order valence-electron chi connectivity index (χ1n) is 5.60. The molecule has 0 radical (unpaired) electrons. The van der Waals surface area contributed by atoms with E-state index in [1.54, 1.807) is 26.0 Å². The van der Waals surface area contributed by atoms with Crippen molar-refractivity contribution >= 4 is 11.8 Å². The van der Waals surface area contributed by atoms with Gasteiger partial charge in [-0.15, -0.1) is 11.8 Å². The van der Waals surface area contributed by atoms with Crippen LogP contribution in [0.1, 0.15) is 20.3 Å². The third kappa shape index (κ3) is 4.88. The van der Waals surface area contributed by atoms with Gasteiger partial charge in [-0.25, -0.2) is 0 Å². The fourth-order valence-corrected chi connectivity index (χ4v) is 2.66. The highest BCUT2D eigenvalue weighted by Crippen LogP contribution is 2.33. The average molecular weight is 255 g/mol. The summed E-state index contributed by atoms with van der Waals surface area (Å²) in [6, 6.07) is 5.82. The molecule has 0 bridgehead atoms. The molecule has 96 valence electrons. The van der Waals surface area contributed by atoms with Crippen LogP contribution in [-0.2, 0) is 0 Å². The SMILES string of the molecule is COc1ccc(OC)c(SCCC(C)(C)N)c1. The first-order chi connectivity index (χ1) is 7.96. The zero-order valence-electron chi connectivity index (χ0n) is 10.9. The Morgan fingerprint density at radius 1 is 1.24 bits per heavy atom. The van der Waals surface area contributed by atoms with Crippen molar-refractivity contribution in [3.63, 3.8) is 0 Å².